The molecule has 1 aromatic rings. The van der Waals surface area contributed by atoms with Crippen LogP contribution in [-0.4, -0.2) is 17.5 Å². The van der Waals surface area contributed by atoms with Crippen LogP contribution in [0.5, 0.6) is 0 Å². The summed E-state index contributed by atoms with van der Waals surface area (Å²) in [5, 5.41) is 9.16. The number of ketones is 1. The van der Waals surface area contributed by atoms with Crippen LogP contribution in [0, 0.1) is 11.8 Å². The minimum absolute atomic E-state index is 0.0222. The summed E-state index contributed by atoms with van der Waals surface area (Å²) in [6.45, 7) is 0.0222. The second-order valence-corrected chi connectivity index (χ2v) is 3.44. The van der Waals surface area contributed by atoms with Crippen LogP contribution in [0.25, 0.3) is 0 Å². The quantitative estimate of drug-likeness (QED) is 0.795. The maximum Gasteiger partial charge on any atom is 0.205 e. The van der Waals surface area contributed by atoms with Gasteiger partial charge in [0.25, 0.3) is 0 Å². The van der Waals surface area contributed by atoms with Crippen molar-refractivity contribution in [3.63, 3.8) is 0 Å². The average Bonchev–Trinajstić information content (AvgIpc) is 2.25. The molecule has 2 nitrogen and oxygen atoms in total. The molecule has 0 amide bonds. The molecule has 0 fully saturated rings. The third-order valence-electron chi connectivity index (χ3n) is 1.75. The predicted octanol–water partition coefficient (Wildman–Crippen LogP) is 2.03. The molecule has 1 aromatic carbocycles. The van der Waals surface area contributed by atoms with Gasteiger partial charge in [0, 0.05) is 23.6 Å². The Kier molecular flexibility index (Phi) is 4.89. The Labute approximate surface area is 93.9 Å². The van der Waals surface area contributed by atoms with Gasteiger partial charge in [-0.2, -0.15) is 0 Å². The molecule has 0 saturated carbocycles. The van der Waals surface area contributed by atoms with Crippen LogP contribution in [0.4, 0.5) is 0 Å². The first-order valence-corrected chi connectivity index (χ1v) is 5.01. The van der Waals surface area contributed by atoms with Gasteiger partial charge in [-0.15, -0.1) is 0 Å². The van der Waals surface area contributed by atoms with E-state index >= 15 is 0 Å². The minimum atomic E-state index is -0.154. The van der Waals surface area contributed by atoms with Crippen molar-refractivity contribution in [3.05, 3.63) is 34.9 Å². The fourth-order valence-electron chi connectivity index (χ4n) is 0.977. The third kappa shape index (κ3) is 4.64. The molecular formula is C12H11ClO2. The van der Waals surface area contributed by atoms with Crippen LogP contribution in [0.3, 0.4) is 0 Å². The van der Waals surface area contributed by atoms with E-state index in [2.05, 4.69) is 11.8 Å². The summed E-state index contributed by atoms with van der Waals surface area (Å²) in [6.07, 6.45) is 0.769. The van der Waals surface area contributed by atoms with Crippen LogP contribution < -0.4 is 0 Å². The number of hydrogen-bond acceptors (Lipinski definition) is 2. The van der Waals surface area contributed by atoms with Gasteiger partial charge in [-0.3, -0.25) is 4.79 Å². The Hall–Kier alpha value is -1.30. The van der Waals surface area contributed by atoms with E-state index in [1.807, 2.05) is 0 Å². The number of benzene rings is 1. The van der Waals surface area contributed by atoms with E-state index < -0.39 is 0 Å². The van der Waals surface area contributed by atoms with E-state index in [4.69, 9.17) is 16.7 Å². The van der Waals surface area contributed by atoms with Gasteiger partial charge < -0.3 is 5.11 Å². The van der Waals surface area contributed by atoms with Crippen molar-refractivity contribution in [1.29, 1.82) is 0 Å². The highest BCUT2D eigenvalue weighted by atomic mass is 35.5. The van der Waals surface area contributed by atoms with Gasteiger partial charge in [-0.05, 0) is 36.6 Å². The molecule has 0 atom stereocenters. The molecule has 1 rings (SSSR count). The highest BCUT2D eigenvalue weighted by molar-refractivity contribution is 6.30. The zero-order valence-corrected chi connectivity index (χ0v) is 8.92. The molecule has 3 heteroatoms. The smallest absolute Gasteiger partial charge is 0.205 e. The maximum absolute atomic E-state index is 11.1. The number of aliphatic hydroxyl groups excluding tert-OH is 1. The molecule has 0 spiro atoms. The van der Waals surface area contributed by atoms with Gasteiger partial charge in [0.05, 0.1) is 0 Å². The molecule has 78 valence electrons. The molecular weight excluding hydrogens is 212 g/mol. The van der Waals surface area contributed by atoms with Gasteiger partial charge in [-0.25, -0.2) is 0 Å². The Morgan fingerprint density at radius 2 is 2.00 bits per heavy atom. The van der Waals surface area contributed by atoms with Crippen LogP contribution >= 0.6 is 11.6 Å². The molecule has 0 radical (unpaired) electrons. The molecule has 0 unspecified atom stereocenters. The topological polar surface area (TPSA) is 37.3 Å². The van der Waals surface area contributed by atoms with Crippen LogP contribution in [0.2, 0.25) is 5.02 Å². The molecule has 0 aliphatic heterocycles. The van der Waals surface area contributed by atoms with Crippen molar-refractivity contribution in [2.45, 2.75) is 12.8 Å². The summed E-state index contributed by atoms with van der Waals surface area (Å²) in [5.74, 6) is 5.10. The number of carbonyl (C=O) groups excluding carboxylic acids is 1. The molecule has 0 aliphatic rings. The van der Waals surface area contributed by atoms with Gasteiger partial charge in [0.1, 0.15) is 0 Å². The number of halogens is 1. The van der Waals surface area contributed by atoms with Crippen molar-refractivity contribution in [2.75, 3.05) is 6.61 Å². The molecule has 15 heavy (non-hydrogen) atoms. The number of carbonyl (C=O) groups is 1. The molecule has 0 aliphatic carbocycles. The van der Waals surface area contributed by atoms with Crippen molar-refractivity contribution in [3.8, 4) is 11.8 Å². The standard InChI is InChI=1S/C12H11ClO2/c13-11-6-3-10(4-7-11)5-8-12(15)2-1-9-14/h3-4,6-7,14H,1-2,9H2. The molecule has 1 N–H and O–H groups in total. The Bertz CT molecular complexity index is 384. The number of aliphatic hydroxyl groups is 1. The zero-order valence-electron chi connectivity index (χ0n) is 8.16. The summed E-state index contributed by atoms with van der Waals surface area (Å²) in [6, 6.07) is 6.97. The van der Waals surface area contributed by atoms with E-state index in [1.165, 1.54) is 0 Å². The van der Waals surface area contributed by atoms with Crippen molar-refractivity contribution in [1.82, 2.24) is 0 Å². The summed E-state index contributed by atoms with van der Waals surface area (Å²) >= 11 is 5.70. The van der Waals surface area contributed by atoms with Crippen molar-refractivity contribution >= 4 is 17.4 Å². The Morgan fingerprint density at radius 1 is 1.33 bits per heavy atom. The molecule has 0 aromatic heterocycles. The van der Waals surface area contributed by atoms with E-state index in [0.29, 0.717) is 17.9 Å². The van der Waals surface area contributed by atoms with E-state index in [1.54, 1.807) is 24.3 Å². The van der Waals surface area contributed by atoms with Gasteiger partial charge >= 0.3 is 0 Å². The first kappa shape index (κ1) is 11.8. The summed E-state index contributed by atoms with van der Waals surface area (Å²) in [7, 11) is 0. The van der Waals surface area contributed by atoms with Crippen LogP contribution in [0.1, 0.15) is 18.4 Å². The largest absolute Gasteiger partial charge is 0.396 e. The van der Waals surface area contributed by atoms with E-state index in [0.717, 1.165) is 5.56 Å². The van der Waals surface area contributed by atoms with Crippen molar-refractivity contribution < 1.29 is 9.90 Å². The average molecular weight is 223 g/mol. The van der Waals surface area contributed by atoms with Crippen LogP contribution in [-0.2, 0) is 4.79 Å². The SMILES string of the molecule is O=C(C#Cc1ccc(Cl)cc1)CCCO. The van der Waals surface area contributed by atoms with Gasteiger partial charge in [0.15, 0.2) is 0 Å². The predicted molar refractivity (Wildman–Crippen MR) is 59.7 cm³/mol. The second-order valence-electron chi connectivity index (χ2n) is 3.01. The highest BCUT2D eigenvalue weighted by Crippen LogP contribution is 2.08. The lowest BCUT2D eigenvalue weighted by molar-refractivity contribution is -0.114. The van der Waals surface area contributed by atoms with E-state index in [9.17, 15) is 4.79 Å². The van der Waals surface area contributed by atoms with Crippen LogP contribution in [0.15, 0.2) is 24.3 Å². The lowest BCUT2D eigenvalue weighted by Gasteiger charge is -1.90. The van der Waals surface area contributed by atoms with E-state index in [-0.39, 0.29) is 12.4 Å². The Balaban J connectivity index is 2.57. The highest BCUT2D eigenvalue weighted by Gasteiger charge is 1.95. The van der Waals surface area contributed by atoms with Crippen molar-refractivity contribution in [2.24, 2.45) is 0 Å². The fourth-order valence-corrected chi connectivity index (χ4v) is 1.10. The minimum Gasteiger partial charge on any atom is -0.396 e. The molecule has 0 saturated heterocycles. The first-order chi connectivity index (χ1) is 7.22. The maximum atomic E-state index is 11.1. The number of Topliss-reactive ketones (excluding diaryl/α,β-unsaturated/α-hetero) is 1. The lowest BCUT2D eigenvalue weighted by atomic mass is 10.2. The number of rotatable bonds is 3. The van der Waals surface area contributed by atoms with Gasteiger partial charge in [-0.1, -0.05) is 17.5 Å². The zero-order chi connectivity index (χ0) is 11.1. The molecule has 0 bridgehead atoms. The Morgan fingerprint density at radius 3 is 2.60 bits per heavy atom. The summed E-state index contributed by atoms with van der Waals surface area (Å²) in [4.78, 5) is 11.1. The fraction of sp³-hybridized carbons (Fsp3) is 0.250. The summed E-state index contributed by atoms with van der Waals surface area (Å²) in [5.41, 5.74) is 0.761. The molecule has 0 heterocycles. The lowest BCUT2D eigenvalue weighted by Crippen LogP contribution is -1.95. The number of hydrogen-bond donors (Lipinski definition) is 1. The summed E-state index contributed by atoms with van der Waals surface area (Å²) < 4.78 is 0. The van der Waals surface area contributed by atoms with Gasteiger partial charge in [0.2, 0.25) is 5.78 Å². The third-order valence-corrected chi connectivity index (χ3v) is 2.00. The second kappa shape index (κ2) is 6.23. The monoisotopic (exact) mass is 222 g/mol. The first-order valence-electron chi connectivity index (χ1n) is 4.63. The normalized spacial score (nSPS) is 9.20.